The van der Waals surface area contributed by atoms with Crippen LogP contribution in [0.4, 0.5) is 5.69 Å². The maximum absolute atomic E-state index is 12.4. The Balaban J connectivity index is 1.57. The van der Waals surface area contributed by atoms with Crippen molar-refractivity contribution in [1.82, 2.24) is 14.8 Å². The average molecular weight is 366 g/mol. The molecule has 1 N–H and O–H groups in total. The first kappa shape index (κ1) is 18.6. The van der Waals surface area contributed by atoms with E-state index < -0.39 is 12.1 Å². The van der Waals surface area contributed by atoms with Gasteiger partial charge < -0.3 is 10.1 Å². The van der Waals surface area contributed by atoms with E-state index in [4.69, 9.17) is 4.74 Å². The molecule has 1 aromatic carbocycles. The molecule has 2 heterocycles. The number of nitrogens with one attached hydrogen (secondary N) is 1. The Morgan fingerprint density at radius 3 is 2.78 bits per heavy atom. The minimum Gasteiger partial charge on any atom is -0.452 e. The molecule has 7 heteroatoms. The Morgan fingerprint density at radius 1 is 1.22 bits per heavy atom. The van der Waals surface area contributed by atoms with Crippen molar-refractivity contribution in [2.45, 2.75) is 39.8 Å². The number of nitrogens with zero attached hydrogens (tertiary/aromatic N) is 3. The van der Waals surface area contributed by atoms with Gasteiger partial charge in [0.2, 0.25) is 0 Å². The second-order valence-corrected chi connectivity index (χ2v) is 6.40. The van der Waals surface area contributed by atoms with Gasteiger partial charge in [-0.1, -0.05) is 6.07 Å². The third-order valence-electron chi connectivity index (χ3n) is 4.21. The lowest BCUT2D eigenvalue weighted by molar-refractivity contribution is -0.153. The lowest BCUT2D eigenvalue weighted by Gasteiger charge is -2.14. The van der Waals surface area contributed by atoms with Crippen LogP contribution in [0.25, 0.3) is 10.9 Å². The van der Waals surface area contributed by atoms with Crippen LogP contribution in [0.2, 0.25) is 0 Å². The van der Waals surface area contributed by atoms with E-state index in [1.807, 2.05) is 38.1 Å². The summed E-state index contributed by atoms with van der Waals surface area (Å²) in [5.41, 5.74) is 3.30. The highest BCUT2D eigenvalue weighted by atomic mass is 16.5. The van der Waals surface area contributed by atoms with Gasteiger partial charge in [-0.25, -0.2) is 0 Å². The molecular formula is C20H22N4O3. The first-order chi connectivity index (χ1) is 12.9. The smallest absolute Gasteiger partial charge is 0.308 e. The monoisotopic (exact) mass is 366 g/mol. The fourth-order valence-electron chi connectivity index (χ4n) is 2.85. The Morgan fingerprint density at radius 2 is 2.04 bits per heavy atom. The van der Waals surface area contributed by atoms with Gasteiger partial charge in [-0.2, -0.15) is 5.10 Å². The first-order valence-corrected chi connectivity index (χ1v) is 8.79. The Kier molecular flexibility index (Phi) is 5.49. The van der Waals surface area contributed by atoms with Crippen LogP contribution >= 0.6 is 0 Å². The second-order valence-electron chi connectivity index (χ2n) is 6.40. The topological polar surface area (TPSA) is 86.1 Å². The summed E-state index contributed by atoms with van der Waals surface area (Å²) in [5.74, 6) is -0.824. The molecule has 27 heavy (non-hydrogen) atoms. The maximum Gasteiger partial charge on any atom is 0.308 e. The Labute approximate surface area is 157 Å². The van der Waals surface area contributed by atoms with Gasteiger partial charge in [-0.15, -0.1) is 0 Å². The fraction of sp³-hybridized carbons (Fsp3) is 0.300. The van der Waals surface area contributed by atoms with Gasteiger partial charge in [0.15, 0.2) is 6.10 Å². The van der Waals surface area contributed by atoms with Crippen LogP contribution in [0, 0.1) is 13.8 Å². The van der Waals surface area contributed by atoms with Gasteiger partial charge >= 0.3 is 5.97 Å². The molecule has 3 rings (SSSR count). The number of anilines is 1. The Hall–Kier alpha value is -3.22. The summed E-state index contributed by atoms with van der Waals surface area (Å²) >= 11 is 0. The average Bonchev–Trinajstić information content (AvgIpc) is 2.97. The van der Waals surface area contributed by atoms with Crippen LogP contribution < -0.4 is 5.32 Å². The van der Waals surface area contributed by atoms with Crippen LogP contribution in [0.15, 0.2) is 42.6 Å². The normalized spacial score (nSPS) is 12.0. The number of hydrogen-bond acceptors (Lipinski definition) is 5. The molecule has 140 valence electrons. The molecule has 0 saturated heterocycles. The molecule has 0 saturated carbocycles. The fourth-order valence-corrected chi connectivity index (χ4v) is 2.85. The standard InChI is InChI=1S/C20H22N4O3/c1-13-12-14(2)24(23-13)11-9-19(25)27-15(3)20(26)22-18-8-4-7-17-16(18)6-5-10-21-17/h4-8,10,12,15H,9,11H2,1-3H3,(H,22,26). The number of aryl methyl sites for hydroxylation is 3. The molecule has 0 fully saturated rings. The number of benzene rings is 1. The minimum absolute atomic E-state index is 0.151. The lowest BCUT2D eigenvalue weighted by Crippen LogP contribution is -2.30. The van der Waals surface area contributed by atoms with E-state index in [2.05, 4.69) is 15.4 Å². The van der Waals surface area contributed by atoms with Crippen molar-refractivity contribution >= 4 is 28.5 Å². The maximum atomic E-state index is 12.4. The van der Waals surface area contributed by atoms with E-state index in [0.717, 1.165) is 22.3 Å². The lowest BCUT2D eigenvalue weighted by atomic mass is 10.2. The number of fused-ring (bicyclic) bond motifs is 1. The second kappa shape index (κ2) is 7.99. The zero-order chi connectivity index (χ0) is 19.4. The summed E-state index contributed by atoms with van der Waals surface area (Å²) in [4.78, 5) is 28.7. The van der Waals surface area contributed by atoms with Crippen molar-refractivity contribution in [3.8, 4) is 0 Å². The molecule has 1 unspecified atom stereocenters. The quantitative estimate of drug-likeness (QED) is 0.678. The number of amides is 1. The van der Waals surface area contributed by atoms with Crippen molar-refractivity contribution in [1.29, 1.82) is 0 Å². The summed E-state index contributed by atoms with van der Waals surface area (Å²) in [6, 6.07) is 11.1. The van der Waals surface area contributed by atoms with Gasteiger partial charge in [0, 0.05) is 17.3 Å². The molecule has 0 spiro atoms. The highest BCUT2D eigenvalue weighted by Crippen LogP contribution is 2.21. The number of ether oxygens (including phenoxy) is 1. The van der Waals surface area contributed by atoms with Gasteiger partial charge in [0.05, 0.1) is 29.9 Å². The molecule has 2 aromatic heterocycles. The van der Waals surface area contributed by atoms with Gasteiger partial charge in [0.25, 0.3) is 5.91 Å². The molecule has 7 nitrogen and oxygen atoms in total. The first-order valence-electron chi connectivity index (χ1n) is 8.79. The van der Waals surface area contributed by atoms with Gasteiger partial charge in [-0.3, -0.25) is 19.3 Å². The third kappa shape index (κ3) is 4.49. The van der Waals surface area contributed by atoms with E-state index in [0.29, 0.717) is 12.2 Å². The van der Waals surface area contributed by atoms with Crippen molar-refractivity contribution in [3.63, 3.8) is 0 Å². The minimum atomic E-state index is -0.898. The molecule has 1 atom stereocenters. The van der Waals surface area contributed by atoms with Crippen LogP contribution in [-0.4, -0.2) is 32.7 Å². The SMILES string of the molecule is Cc1cc(C)n(CCC(=O)OC(C)C(=O)Nc2cccc3ncccc23)n1. The van der Waals surface area contributed by atoms with Crippen molar-refractivity contribution < 1.29 is 14.3 Å². The summed E-state index contributed by atoms with van der Waals surface area (Å²) in [7, 11) is 0. The predicted molar refractivity (Wildman–Crippen MR) is 102 cm³/mol. The van der Waals surface area contributed by atoms with Gasteiger partial charge in [0.1, 0.15) is 0 Å². The van der Waals surface area contributed by atoms with Crippen molar-refractivity contribution in [2.24, 2.45) is 0 Å². The van der Waals surface area contributed by atoms with Crippen LogP contribution in [-0.2, 0) is 20.9 Å². The van der Waals surface area contributed by atoms with Crippen molar-refractivity contribution in [2.75, 3.05) is 5.32 Å². The molecule has 1 amide bonds. The van der Waals surface area contributed by atoms with E-state index >= 15 is 0 Å². The van der Waals surface area contributed by atoms with Crippen LogP contribution in [0.5, 0.6) is 0 Å². The highest BCUT2D eigenvalue weighted by molar-refractivity contribution is 6.02. The number of carbonyl (C=O) groups excluding carboxylic acids is 2. The molecule has 3 aromatic rings. The molecule has 0 aliphatic heterocycles. The largest absolute Gasteiger partial charge is 0.452 e. The van der Waals surface area contributed by atoms with Crippen LogP contribution in [0.1, 0.15) is 24.7 Å². The third-order valence-corrected chi connectivity index (χ3v) is 4.21. The number of carbonyl (C=O) groups is 2. The number of pyridine rings is 1. The zero-order valence-corrected chi connectivity index (χ0v) is 15.6. The summed E-state index contributed by atoms with van der Waals surface area (Å²) in [6.07, 6.45) is 0.948. The molecular weight excluding hydrogens is 344 g/mol. The van der Waals surface area contributed by atoms with Crippen LogP contribution in [0.3, 0.4) is 0 Å². The number of aromatic nitrogens is 3. The van der Waals surface area contributed by atoms with E-state index in [1.165, 1.54) is 0 Å². The summed E-state index contributed by atoms with van der Waals surface area (Å²) < 4.78 is 7.01. The summed E-state index contributed by atoms with van der Waals surface area (Å²) in [5, 5.41) is 7.94. The number of hydrogen-bond donors (Lipinski definition) is 1. The molecule has 0 aliphatic rings. The van der Waals surface area contributed by atoms with Crippen molar-refractivity contribution in [3.05, 3.63) is 54.0 Å². The van der Waals surface area contributed by atoms with E-state index in [1.54, 1.807) is 29.9 Å². The van der Waals surface area contributed by atoms with E-state index in [9.17, 15) is 9.59 Å². The molecule has 0 bridgehead atoms. The van der Waals surface area contributed by atoms with Gasteiger partial charge in [-0.05, 0) is 51.1 Å². The molecule has 0 aliphatic carbocycles. The highest BCUT2D eigenvalue weighted by Gasteiger charge is 2.19. The predicted octanol–water partition coefficient (Wildman–Crippen LogP) is 3.01. The number of rotatable bonds is 6. The van der Waals surface area contributed by atoms with E-state index in [-0.39, 0.29) is 12.3 Å². The Bertz CT molecular complexity index is 975. The summed E-state index contributed by atoms with van der Waals surface area (Å²) in [6.45, 7) is 5.80. The zero-order valence-electron chi connectivity index (χ0n) is 15.6. The molecule has 0 radical (unpaired) electrons. The number of esters is 1.